The van der Waals surface area contributed by atoms with Gasteiger partial charge in [0.25, 0.3) is 5.91 Å². The molecule has 1 aliphatic rings. The predicted octanol–water partition coefficient (Wildman–Crippen LogP) is 5.71. The van der Waals surface area contributed by atoms with Crippen molar-refractivity contribution < 1.29 is 18.0 Å². The summed E-state index contributed by atoms with van der Waals surface area (Å²) in [7, 11) is -3.80. The molecule has 1 atom stereocenters. The maximum atomic E-state index is 13.3. The first-order valence-electron chi connectivity index (χ1n) is 12.6. The lowest BCUT2D eigenvalue weighted by molar-refractivity contribution is -0.123. The Morgan fingerprint density at radius 1 is 1.11 bits per heavy atom. The topological polar surface area (TPSA) is 95.6 Å². The molecular formula is C27H31Cl2N3O4S2. The Labute approximate surface area is 237 Å². The van der Waals surface area contributed by atoms with Crippen LogP contribution in [0.2, 0.25) is 10.0 Å². The Morgan fingerprint density at radius 2 is 1.84 bits per heavy atom. The van der Waals surface area contributed by atoms with Gasteiger partial charge in [0.1, 0.15) is 10.9 Å². The molecular weight excluding hydrogens is 565 g/mol. The summed E-state index contributed by atoms with van der Waals surface area (Å²) in [5.41, 5.74) is 0. The molecule has 1 aliphatic carbocycles. The van der Waals surface area contributed by atoms with Crippen LogP contribution in [0.1, 0.15) is 49.2 Å². The first-order chi connectivity index (χ1) is 18.1. The molecule has 4 rings (SSSR count). The van der Waals surface area contributed by atoms with Crippen LogP contribution in [0.3, 0.4) is 0 Å². The van der Waals surface area contributed by atoms with E-state index in [4.69, 9.17) is 23.2 Å². The van der Waals surface area contributed by atoms with Gasteiger partial charge in [0.15, 0.2) is 0 Å². The highest BCUT2D eigenvalue weighted by molar-refractivity contribution is 7.89. The molecule has 2 amide bonds. The van der Waals surface area contributed by atoms with Gasteiger partial charge in [0.2, 0.25) is 15.9 Å². The van der Waals surface area contributed by atoms with Crippen molar-refractivity contribution >= 4 is 66.5 Å². The molecule has 0 bridgehead atoms. The molecule has 2 aromatic carbocycles. The summed E-state index contributed by atoms with van der Waals surface area (Å²) in [5.74, 6) is -0.374. The molecule has 1 fully saturated rings. The van der Waals surface area contributed by atoms with E-state index in [0.717, 1.165) is 22.9 Å². The summed E-state index contributed by atoms with van der Waals surface area (Å²) < 4.78 is 29.1. The van der Waals surface area contributed by atoms with Crippen LogP contribution in [0.5, 0.6) is 0 Å². The number of sulfonamides is 1. The van der Waals surface area contributed by atoms with E-state index in [0.29, 0.717) is 22.7 Å². The molecule has 0 saturated heterocycles. The molecule has 0 radical (unpaired) electrons. The highest BCUT2D eigenvalue weighted by Crippen LogP contribution is 2.35. The maximum absolute atomic E-state index is 13.3. The number of carbonyl (C=O) groups is 2. The van der Waals surface area contributed by atoms with E-state index in [-0.39, 0.29) is 46.8 Å². The molecule has 1 saturated carbocycles. The molecule has 3 aromatic rings. The van der Waals surface area contributed by atoms with E-state index >= 15 is 0 Å². The average molecular weight is 597 g/mol. The van der Waals surface area contributed by atoms with Crippen LogP contribution in [0.25, 0.3) is 10.1 Å². The Hall–Kier alpha value is -2.17. The molecule has 0 aliphatic heterocycles. The van der Waals surface area contributed by atoms with Gasteiger partial charge in [-0.1, -0.05) is 55.2 Å². The molecule has 2 N–H and O–H groups in total. The molecule has 1 heterocycles. The van der Waals surface area contributed by atoms with Gasteiger partial charge in [0.05, 0.1) is 9.90 Å². The largest absolute Gasteiger partial charge is 0.354 e. The van der Waals surface area contributed by atoms with Gasteiger partial charge in [0, 0.05) is 28.9 Å². The van der Waals surface area contributed by atoms with Crippen LogP contribution >= 0.6 is 34.5 Å². The monoisotopic (exact) mass is 595 g/mol. The van der Waals surface area contributed by atoms with Crippen molar-refractivity contribution in [1.82, 2.24) is 14.9 Å². The molecule has 1 aromatic heterocycles. The third kappa shape index (κ3) is 7.07. The van der Waals surface area contributed by atoms with Crippen molar-refractivity contribution in [2.24, 2.45) is 5.92 Å². The maximum Gasteiger partial charge on any atom is 0.262 e. The Morgan fingerprint density at radius 3 is 2.50 bits per heavy atom. The number of amides is 2. The van der Waals surface area contributed by atoms with Gasteiger partial charge in [-0.05, 0) is 67.3 Å². The smallest absolute Gasteiger partial charge is 0.262 e. The first kappa shape index (κ1) is 28.8. The zero-order valence-electron chi connectivity index (χ0n) is 21.2. The number of nitrogens with zero attached hydrogens (tertiary/aromatic N) is 1. The van der Waals surface area contributed by atoms with Crippen molar-refractivity contribution in [3.63, 3.8) is 0 Å². The third-order valence-corrected chi connectivity index (χ3v) is 10.1. The number of benzene rings is 2. The number of carbonyl (C=O) groups excluding carboxylic acids is 2. The fourth-order valence-electron chi connectivity index (χ4n) is 4.27. The summed E-state index contributed by atoms with van der Waals surface area (Å²) in [6, 6.07) is 13.2. The predicted molar refractivity (Wildman–Crippen MR) is 154 cm³/mol. The van der Waals surface area contributed by atoms with Crippen LogP contribution in [0.4, 0.5) is 0 Å². The summed E-state index contributed by atoms with van der Waals surface area (Å²) in [4.78, 5) is 26.5. The molecule has 7 nitrogen and oxygen atoms in total. The summed E-state index contributed by atoms with van der Waals surface area (Å²) in [6.45, 7) is 4.51. The molecule has 0 unspecified atom stereocenters. The van der Waals surface area contributed by atoms with E-state index in [1.54, 1.807) is 0 Å². The SMILES string of the molecule is CC(C)C[C@H](NC(=O)c1cc2ccccc2s1)C(=O)NCCCN(C1CC1)S(=O)(=O)c1ccc(Cl)cc1Cl. The van der Waals surface area contributed by atoms with E-state index in [1.807, 2.05) is 44.2 Å². The van der Waals surface area contributed by atoms with Crippen molar-refractivity contribution in [2.75, 3.05) is 13.1 Å². The van der Waals surface area contributed by atoms with Gasteiger partial charge >= 0.3 is 0 Å². The lowest BCUT2D eigenvalue weighted by Crippen LogP contribution is -2.47. The standard InChI is InChI=1S/C27H31Cl2N3O4S2/c1-17(2)14-22(31-27(34)24-15-18-6-3-4-7-23(18)37-24)26(33)30-12-5-13-32(20-9-10-20)38(35,36)25-11-8-19(28)16-21(25)29/h3-4,6-8,11,15-17,20,22H,5,9-10,12-14H2,1-2H3,(H,30,33)(H,31,34)/t22-/m0/s1. The Bertz CT molecular complexity index is 1390. The number of fused-ring (bicyclic) bond motifs is 1. The molecule has 204 valence electrons. The van der Waals surface area contributed by atoms with Gasteiger partial charge in [-0.2, -0.15) is 4.31 Å². The average Bonchev–Trinajstić information content (AvgIpc) is 3.58. The molecule has 11 heteroatoms. The van der Waals surface area contributed by atoms with Gasteiger partial charge in [-0.15, -0.1) is 11.3 Å². The molecule has 0 spiro atoms. The van der Waals surface area contributed by atoms with E-state index in [9.17, 15) is 18.0 Å². The molecule has 38 heavy (non-hydrogen) atoms. The number of hydrogen-bond acceptors (Lipinski definition) is 5. The second-order valence-electron chi connectivity index (χ2n) is 9.87. The van der Waals surface area contributed by atoms with Crippen molar-refractivity contribution in [3.05, 3.63) is 63.5 Å². The number of halogens is 2. The highest BCUT2D eigenvalue weighted by atomic mass is 35.5. The minimum atomic E-state index is -3.80. The highest BCUT2D eigenvalue weighted by Gasteiger charge is 2.38. The fraction of sp³-hybridized carbons (Fsp3) is 0.407. The Kier molecular flexibility index (Phi) is 9.36. The summed E-state index contributed by atoms with van der Waals surface area (Å²) in [5, 5.41) is 7.21. The van der Waals surface area contributed by atoms with Gasteiger partial charge in [-0.25, -0.2) is 8.42 Å². The quantitative estimate of drug-likeness (QED) is 0.262. The second kappa shape index (κ2) is 12.3. The van der Waals surface area contributed by atoms with E-state index in [2.05, 4.69) is 10.6 Å². The van der Waals surface area contributed by atoms with Crippen LogP contribution in [0.15, 0.2) is 53.4 Å². The fourth-order valence-corrected chi connectivity index (χ4v) is 7.71. The minimum absolute atomic E-state index is 0.0282. The zero-order chi connectivity index (χ0) is 27.4. The van der Waals surface area contributed by atoms with Crippen molar-refractivity contribution in [3.8, 4) is 0 Å². The van der Waals surface area contributed by atoms with Crippen LogP contribution in [-0.2, 0) is 14.8 Å². The van der Waals surface area contributed by atoms with E-state index in [1.165, 1.54) is 33.8 Å². The second-order valence-corrected chi connectivity index (χ2v) is 13.7. The lowest BCUT2D eigenvalue weighted by atomic mass is 10.0. The van der Waals surface area contributed by atoms with Crippen molar-refractivity contribution in [1.29, 1.82) is 0 Å². The number of thiophene rings is 1. The first-order valence-corrected chi connectivity index (χ1v) is 15.6. The van der Waals surface area contributed by atoms with Gasteiger partial charge < -0.3 is 10.6 Å². The minimum Gasteiger partial charge on any atom is -0.354 e. The number of rotatable bonds is 12. The zero-order valence-corrected chi connectivity index (χ0v) is 24.4. The summed E-state index contributed by atoms with van der Waals surface area (Å²) >= 11 is 13.5. The van der Waals surface area contributed by atoms with E-state index < -0.39 is 16.1 Å². The van der Waals surface area contributed by atoms with Crippen LogP contribution < -0.4 is 10.6 Å². The lowest BCUT2D eigenvalue weighted by Gasteiger charge is -2.23. The van der Waals surface area contributed by atoms with Crippen LogP contribution in [0, 0.1) is 5.92 Å². The number of hydrogen-bond donors (Lipinski definition) is 2. The van der Waals surface area contributed by atoms with Crippen molar-refractivity contribution in [2.45, 2.75) is 56.5 Å². The van der Waals surface area contributed by atoms with Crippen LogP contribution in [-0.4, -0.2) is 49.7 Å². The van der Waals surface area contributed by atoms with Gasteiger partial charge in [-0.3, -0.25) is 9.59 Å². The number of nitrogens with one attached hydrogen (secondary N) is 2. The summed E-state index contributed by atoms with van der Waals surface area (Å²) in [6.07, 6.45) is 2.49. The third-order valence-electron chi connectivity index (χ3n) is 6.27. The Balaban J connectivity index is 1.35. The normalized spacial score (nSPS) is 14.7.